The van der Waals surface area contributed by atoms with Crippen molar-refractivity contribution in [3.05, 3.63) is 63.6 Å². The van der Waals surface area contributed by atoms with Gasteiger partial charge in [-0.15, -0.1) is 11.3 Å². The van der Waals surface area contributed by atoms with E-state index in [1.807, 2.05) is 54.8 Å². The summed E-state index contributed by atoms with van der Waals surface area (Å²) in [5, 5.41) is 11.5. The lowest BCUT2D eigenvalue weighted by molar-refractivity contribution is 1.03. The van der Waals surface area contributed by atoms with Gasteiger partial charge in [-0.3, -0.25) is 4.57 Å². The first kappa shape index (κ1) is 14.5. The van der Waals surface area contributed by atoms with Crippen LogP contribution in [-0.2, 0) is 0 Å². The van der Waals surface area contributed by atoms with Gasteiger partial charge in [0.05, 0.1) is 0 Å². The average Bonchev–Trinajstić information content (AvgIpc) is 3.03. The maximum atomic E-state index is 9.53. The zero-order valence-corrected chi connectivity index (χ0v) is 13.5. The minimum absolute atomic E-state index is 0.377. The smallest absolute Gasteiger partial charge is 0.127 e. The van der Waals surface area contributed by atoms with Gasteiger partial charge < -0.3 is 5.73 Å². The van der Waals surface area contributed by atoms with E-state index in [0.29, 0.717) is 16.0 Å². The maximum Gasteiger partial charge on any atom is 0.127 e. The summed E-state index contributed by atoms with van der Waals surface area (Å²) in [5.41, 5.74) is 9.52. The van der Waals surface area contributed by atoms with Crippen molar-refractivity contribution in [1.29, 1.82) is 5.26 Å². The molecule has 0 atom stereocenters. The molecule has 0 bridgehead atoms. The predicted octanol–water partition coefficient (Wildman–Crippen LogP) is 4.70. The number of hydrogen-bond acceptors (Lipinski definition) is 4. The zero-order valence-electron chi connectivity index (χ0n) is 11.9. The summed E-state index contributed by atoms with van der Waals surface area (Å²) < 4.78 is 2.33. The first-order valence-electron chi connectivity index (χ1n) is 6.68. The highest BCUT2D eigenvalue weighted by atomic mass is 32.1. The third-order valence-corrected chi connectivity index (χ3v) is 4.65. The van der Waals surface area contributed by atoms with E-state index in [-0.39, 0.29) is 0 Å². The van der Waals surface area contributed by atoms with Gasteiger partial charge in [-0.2, -0.15) is 5.26 Å². The van der Waals surface area contributed by atoms with E-state index in [0.717, 1.165) is 21.7 Å². The number of aryl methyl sites for hydroxylation is 1. The molecule has 108 valence electrons. The quantitative estimate of drug-likeness (QED) is 0.696. The van der Waals surface area contributed by atoms with Crippen LogP contribution >= 0.6 is 23.6 Å². The molecule has 2 heterocycles. The van der Waals surface area contributed by atoms with Crippen LogP contribution in [0, 0.1) is 22.9 Å². The minimum atomic E-state index is 0.377. The van der Waals surface area contributed by atoms with Crippen LogP contribution in [0.25, 0.3) is 16.1 Å². The van der Waals surface area contributed by atoms with Crippen molar-refractivity contribution in [2.24, 2.45) is 0 Å². The summed E-state index contributed by atoms with van der Waals surface area (Å²) in [5.74, 6) is 0.377. The summed E-state index contributed by atoms with van der Waals surface area (Å²) >= 11 is 7.07. The van der Waals surface area contributed by atoms with Crippen molar-refractivity contribution >= 4 is 29.4 Å². The van der Waals surface area contributed by atoms with Crippen molar-refractivity contribution in [3.8, 4) is 22.2 Å². The molecule has 0 amide bonds. The van der Waals surface area contributed by atoms with Crippen LogP contribution < -0.4 is 5.73 Å². The molecule has 0 unspecified atom stereocenters. The molecule has 2 aromatic heterocycles. The summed E-state index contributed by atoms with van der Waals surface area (Å²) in [6.07, 6.45) is 0. The van der Waals surface area contributed by atoms with Gasteiger partial charge in [-0.05, 0) is 36.6 Å². The second kappa shape index (κ2) is 5.76. The van der Waals surface area contributed by atoms with Gasteiger partial charge in [0.1, 0.15) is 22.1 Å². The second-order valence-electron chi connectivity index (χ2n) is 4.92. The van der Waals surface area contributed by atoms with Crippen LogP contribution in [0.3, 0.4) is 0 Å². The molecule has 22 heavy (non-hydrogen) atoms. The van der Waals surface area contributed by atoms with Crippen molar-refractivity contribution in [3.63, 3.8) is 0 Å². The molecule has 1 aromatic carbocycles. The van der Waals surface area contributed by atoms with Crippen LogP contribution in [0.15, 0.2) is 47.8 Å². The lowest BCUT2D eigenvalue weighted by Crippen LogP contribution is -2.08. The fraction of sp³-hybridized carbons (Fsp3) is 0.0588. The Labute approximate surface area is 137 Å². The molecule has 0 aliphatic carbocycles. The molecule has 3 aromatic rings. The van der Waals surface area contributed by atoms with E-state index in [4.69, 9.17) is 18.0 Å². The van der Waals surface area contributed by atoms with E-state index >= 15 is 0 Å². The molecule has 3 rings (SSSR count). The lowest BCUT2D eigenvalue weighted by atomic mass is 10.1. The van der Waals surface area contributed by atoms with Crippen molar-refractivity contribution in [2.75, 3.05) is 5.73 Å². The third-order valence-electron chi connectivity index (χ3n) is 3.45. The van der Waals surface area contributed by atoms with Gasteiger partial charge in [0.2, 0.25) is 0 Å². The van der Waals surface area contributed by atoms with Gasteiger partial charge in [-0.1, -0.05) is 36.0 Å². The first-order valence-corrected chi connectivity index (χ1v) is 7.97. The average molecular weight is 323 g/mol. The molecule has 0 spiro atoms. The second-order valence-corrected chi connectivity index (χ2v) is 6.28. The van der Waals surface area contributed by atoms with Crippen molar-refractivity contribution in [1.82, 2.24) is 4.57 Å². The summed E-state index contributed by atoms with van der Waals surface area (Å²) in [6.45, 7) is 2.02. The molecule has 0 saturated carbocycles. The van der Waals surface area contributed by atoms with Crippen molar-refractivity contribution in [2.45, 2.75) is 6.92 Å². The Morgan fingerprint density at radius 3 is 2.55 bits per heavy atom. The van der Waals surface area contributed by atoms with Crippen LogP contribution in [-0.4, -0.2) is 4.57 Å². The van der Waals surface area contributed by atoms with Crippen LogP contribution in [0.1, 0.15) is 11.1 Å². The van der Waals surface area contributed by atoms with Crippen LogP contribution in [0.2, 0.25) is 0 Å². The monoisotopic (exact) mass is 323 g/mol. The van der Waals surface area contributed by atoms with Gasteiger partial charge >= 0.3 is 0 Å². The number of aromatic nitrogens is 1. The highest BCUT2D eigenvalue weighted by Gasteiger charge is 2.14. The number of pyridine rings is 1. The fourth-order valence-corrected chi connectivity index (χ4v) is 3.40. The SMILES string of the molecule is Cc1ccc(-n2c(N)c(C#N)c(-c3cccs3)cc2=S)cc1. The minimum Gasteiger partial charge on any atom is -0.384 e. The molecule has 0 aliphatic heterocycles. The molecule has 5 heteroatoms. The number of benzene rings is 1. The number of hydrogen-bond donors (Lipinski definition) is 1. The number of nitriles is 1. The van der Waals surface area contributed by atoms with E-state index in [1.165, 1.54) is 0 Å². The molecular formula is C17H13N3S2. The Hall–Kier alpha value is -2.42. The molecule has 0 radical (unpaired) electrons. The number of nitrogen functional groups attached to an aromatic ring is 1. The number of anilines is 1. The van der Waals surface area contributed by atoms with E-state index in [1.54, 1.807) is 15.9 Å². The number of thiophene rings is 1. The highest BCUT2D eigenvalue weighted by molar-refractivity contribution is 7.71. The summed E-state index contributed by atoms with van der Waals surface area (Å²) in [4.78, 5) is 0.991. The molecule has 2 N–H and O–H groups in total. The Bertz CT molecular complexity index is 914. The van der Waals surface area contributed by atoms with E-state index in [9.17, 15) is 5.26 Å². The molecule has 0 aliphatic rings. The van der Waals surface area contributed by atoms with Crippen molar-refractivity contribution < 1.29 is 0 Å². The molecule has 3 nitrogen and oxygen atoms in total. The summed E-state index contributed by atoms with van der Waals surface area (Å²) in [7, 11) is 0. The fourth-order valence-electron chi connectivity index (χ4n) is 2.33. The van der Waals surface area contributed by atoms with Gasteiger partial charge in [0.15, 0.2) is 0 Å². The topological polar surface area (TPSA) is 54.7 Å². The molecule has 0 fully saturated rings. The molecule has 0 saturated heterocycles. The standard InChI is InChI=1S/C17H13N3S2/c1-11-4-6-12(7-5-11)20-16(21)9-13(14(10-18)17(20)19)15-3-2-8-22-15/h2-9H,19H2,1H3. The number of rotatable bonds is 2. The zero-order chi connectivity index (χ0) is 15.7. The van der Waals surface area contributed by atoms with E-state index in [2.05, 4.69) is 6.07 Å². The van der Waals surface area contributed by atoms with Crippen LogP contribution in [0.5, 0.6) is 0 Å². The largest absolute Gasteiger partial charge is 0.384 e. The highest BCUT2D eigenvalue weighted by Crippen LogP contribution is 2.32. The first-order chi connectivity index (χ1) is 10.6. The van der Waals surface area contributed by atoms with Crippen LogP contribution in [0.4, 0.5) is 5.82 Å². The molecular weight excluding hydrogens is 310 g/mol. The third kappa shape index (κ3) is 2.43. The number of nitrogens with zero attached hydrogens (tertiary/aromatic N) is 2. The lowest BCUT2D eigenvalue weighted by Gasteiger charge is -2.15. The number of nitrogens with two attached hydrogens (primary N) is 1. The van der Waals surface area contributed by atoms with Gasteiger partial charge in [0, 0.05) is 16.1 Å². The van der Waals surface area contributed by atoms with Gasteiger partial charge in [0.25, 0.3) is 0 Å². The maximum absolute atomic E-state index is 9.53. The Morgan fingerprint density at radius 1 is 1.23 bits per heavy atom. The Balaban J connectivity index is 2.29. The van der Waals surface area contributed by atoms with Gasteiger partial charge in [-0.25, -0.2) is 0 Å². The summed E-state index contributed by atoms with van der Waals surface area (Å²) in [6, 6.07) is 15.9. The normalized spacial score (nSPS) is 10.4. The van der Waals surface area contributed by atoms with E-state index < -0.39 is 0 Å². The Kier molecular flexibility index (Phi) is 3.80. The predicted molar refractivity (Wildman–Crippen MR) is 93.8 cm³/mol. The Morgan fingerprint density at radius 2 is 1.95 bits per heavy atom.